The van der Waals surface area contributed by atoms with E-state index < -0.39 is 60.6 Å². The van der Waals surface area contributed by atoms with Gasteiger partial charge in [-0.15, -0.1) is 0 Å². The van der Waals surface area contributed by atoms with Crippen LogP contribution >= 0.6 is 11.6 Å². The minimum Gasteiger partial charge on any atom is -0.463 e. The molecule has 0 bridgehead atoms. The van der Waals surface area contributed by atoms with Crippen LogP contribution in [0.25, 0.3) is 22.6 Å². The lowest BCUT2D eigenvalue weighted by Gasteiger charge is -2.37. The van der Waals surface area contributed by atoms with Crippen LogP contribution in [-0.4, -0.2) is 65.3 Å². The van der Waals surface area contributed by atoms with Crippen molar-refractivity contribution in [3.63, 3.8) is 0 Å². The predicted molar refractivity (Wildman–Crippen MR) is 186 cm³/mol. The zero-order valence-electron chi connectivity index (χ0n) is 29.5. The molecule has 4 aromatic rings. The normalized spacial score (nSPS) is 20.4. The third-order valence-electron chi connectivity index (χ3n) is 10.4. The Morgan fingerprint density at radius 3 is 2.43 bits per heavy atom. The van der Waals surface area contributed by atoms with Gasteiger partial charge in [0.15, 0.2) is 17.3 Å². The van der Waals surface area contributed by atoms with Crippen molar-refractivity contribution in [2.24, 2.45) is 21.6 Å². The number of aromatic nitrogens is 6. The molecular formula is C36H37ClF5N9O3. The lowest BCUT2D eigenvalue weighted by Crippen LogP contribution is -2.49. The number of alkyl halides is 5. The van der Waals surface area contributed by atoms with Crippen LogP contribution in [0.15, 0.2) is 60.0 Å². The van der Waals surface area contributed by atoms with Crippen LogP contribution in [0.2, 0.25) is 5.02 Å². The highest BCUT2D eigenvalue weighted by Gasteiger charge is 2.59. The fraction of sp³-hybridized carbons (Fsp3) is 0.472. The third-order valence-corrected chi connectivity index (χ3v) is 10.7. The molecule has 1 aliphatic heterocycles. The Balaban J connectivity index is 1.30. The summed E-state index contributed by atoms with van der Waals surface area (Å²) in [4.78, 5) is 39.0. The molecule has 7 rings (SSSR count). The van der Waals surface area contributed by atoms with Crippen LogP contribution in [0.5, 0.6) is 0 Å². The van der Waals surface area contributed by atoms with Gasteiger partial charge in [0.1, 0.15) is 18.6 Å². The summed E-state index contributed by atoms with van der Waals surface area (Å²) in [5.74, 6) is -2.20. The molecular weight excluding hydrogens is 737 g/mol. The van der Waals surface area contributed by atoms with E-state index in [9.17, 15) is 31.5 Å². The minimum absolute atomic E-state index is 0.00890. The second-order valence-corrected chi connectivity index (χ2v) is 15.6. The molecule has 2 aliphatic carbocycles. The molecule has 18 heteroatoms. The summed E-state index contributed by atoms with van der Waals surface area (Å²) >= 11 is 6.45. The van der Waals surface area contributed by atoms with E-state index in [-0.39, 0.29) is 45.4 Å². The minimum atomic E-state index is -4.75. The second kappa shape index (κ2) is 13.4. The van der Waals surface area contributed by atoms with E-state index in [2.05, 4.69) is 25.3 Å². The Hall–Kier alpha value is -4.93. The Labute approximate surface area is 311 Å². The number of guanidine groups is 1. The van der Waals surface area contributed by atoms with Gasteiger partial charge in [0.2, 0.25) is 0 Å². The highest BCUT2D eigenvalue weighted by Crippen LogP contribution is 2.51. The first kappa shape index (κ1) is 37.4. The highest BCUT2D eigenvalue weighted by atomic mass is 35.5. The summed E-state index contributed by atoms with van der Waals surface area (Å²) in [6.45, 7) is 0.322. The van der Waals surface area contributed by atoms with Crippen molar-refractivity contribution < 1.29 is 36.3 Å². The monoisotopic (exact) mass is 773 g/mol. The smallest absolute Gasteiger partial charge is 0.394 e. The topological polar surface area (TPSA) is 146 Å². The van der Waals surface area contributed by atoms with Gasteiger partial charge < -0.3 is 10.5 Å². The quantitative estimate of drug-likeness (QED) is 0.109. The van der Waals surface area contributed by atoms with E-state index >= 15 is 0 Å². The molecule has 3 heterocycles. The van der Waals surface area contributed by atoms with Gasteiger partial charge in [-0.3, -0.25) is 14.5 Å². The average Bonchev–Trinajstić information content (AvgIpc) is 3.93. The van der Waals surface area contributed by atoms with Crippen molar-refractivity contribution in [2.75, 3.05) is 6.61 Å². The van der Waals surface area contributed by atoms with E-state index in [1.54, 1.807) is 23.1 Å². The second-order valence-electron chi connectivity index (χ2n) is 15.2. The maximum atomic E-state index is 15.0. The summed E-state index contributed by atoms with van der Waals surface area (Å²) < 4.78 is 77.5. The van der Waals surface area contributed by atoms with E-state index in [4.69, 9.17) is 22.1 Å². The summed E-state index contributed by atoms with van der Waals surface area (Å²) in [5, 5.41) is 12.4. The molecule has 1 amide bonds. The number of amides is 1. The van der Waals surface area contributed by atoms with Gasteiger partial charge in [0, 0.05) is 11.1 Å². The lowest BCUT2D eigenvalue weighted by molar-refractivity contribution is -0.218. The molecule has 2 atom stereocenters. The third kappa shape index (κ3) is 7.05. The maximum Gasteiger partial charge on any atom is 0.394 e. The van der Waals surface area contributed by atoms with Crippen LogP contribution < -0.4 is 5.73 Å². The largest absolute Gasteiger partial charge is 0.463 e. The number of nitrogens with two attached hydrogens (primary N) is 1. The van der Waals surface area contributed by atoms with Gasteiger partial charge in [-0.05, 0) is 60.8 Å². The Kier molecular flexibility index (Phi) is 9.29. The van der Waals surface area contributed by atoms with Crippen LogP contribution in [0.3, 0.4) is 0 Å². The summed E-state index contributed by atoms with van der Waals surface area (Å²) in [7, 11) is 0. The molecule has 2 fully saturated rings. The van der Waals surface area contributed by atoms with E-state index in [0.29, 0.717) is 15.9 Å². The number of hydrogen-bond acceptors (Lipinski definition) is 9. The van der Waals surface area contributed by atoms with Crippen LogP contribution in [0, 0.1) is 10.8 Å². The van der Waals surface area contributed by atoms with E-state index in [0.717, 1.165) is 50.8 Å². The van der Waals surface area contributed by atoms with Crippen molar-refractivity contribution in [1.82, 2.24) is 34.7 Å². The predicted octanol–water partition coefficient (Wildman–Crippen LogP) is 7.39. The van der Waals surface area contributed by atoms with Gasteiger partial charge in [0.05, 0.1) is 35.1 Å². The number of benzene rings is 2. The zero-order valence-corrected chi connectivity index (χ0v) is 30.3. The summed E-state index contributed by atoms with van der Waals surface area (Å²) in [5.41, 5.74) is 3.18. The standard InChI is InChI=1S/C36H37ClF5N9O3/c1-33(2,36(40,41)42)18-35(22-7-4-20(5-8-22)26-16-45-51(48-26)23-9-10-23)30(53)49(32(43)47-35)27(17-54-28(52)15-34(3)12-13-34)21-6-11-25(37)24(14-21)29-44-19-46-50(29)31(38)39/h4-8,11,14,16,19,23,27,31H,9-10,12-13,15,17-18H2,1-3H3,(H2,43,47)/t27-,35-/m1/s1. The highest BCUT2D eigenvalue weighted by molar-refractivity contribution is 6.33. The molecule has 2 aromatic carbocycles. The fourth-order valence-corrected chi connectivity index (χ4v) is 6.84. The summed E-state index contributed by atoms with van der Waals surface area (Å²) in [6.07, 6.45) is 0.636. The average molecular weight is 774 g/mol. The van der Waals surface area contributed by atoms with Gasteiger partial charge in [-0.1, -0.05) is 62.7 Å². The number of rotatable bonds is 13. The molecule has 0 saturated heterocycles. The number of carbonyl (C=O) groups excluding carboxylic acids is 2. The molecule has 286 valence electrons. The molecule has 12 nitrogen and oxygen atoms in total. The van der Waals surface area contributed by atoms with Crippen molar-refractivity contribution in [3.8, 4) is 22.6 Å². The molecule has 0 radical (unpaired) electrons. The first-order valence-electron chi connectivity index (χ1n) is 17.3. The van der Waals surface area contributed by atoms with Crippen molar-refractivity contribution in [2.45, 2.75) is 89.6 Å². The van der Waals surface area contributed by atoms with Crippen LogP contribution in [-0.2, 0) is 19.9 Å². The Bertz CT molecular complexity index is 2110. The number of carbonyl (C=O) groups is 2. The van der Waals surface area contributed by atoms with Crippen LogP contribution in [0.1, 0.15) is 89.1 Å². The molecule has 3 aliphatic rings. The van der Waals surface area contributed by atoms with Gasteiger partial charge in [-0.2, -0.15) is 46.7 Å². The van der Waals surface area contributed by atoms with E-state index in [1.165, 1.54) is 30.3 Å². The van der Waals surface area contributed by atoms with Gasteiger partial charge in [0.25, 0.3) is 5.91 Å². The first-order chi connectivity index (χ1) is 25.4. The fourth-order valence-electron chi connectivity index (χ4n) is 6.64. The van der Waals surface area contributed by atoms with Gasteiger partial charge in [-0.25, -0.2) is 9.98 Å². The Morgan fingerprint density at radius 1 is 1.09 bits per heavy atom. The van der Waals surface area contributed by atoms with E-state index in [1.807, 2.05) is 6.92 Å². The summed E-state index contributed by atoms with van der Waals surface area (Å²) in [6, 6.07) is 9.46. The van der Waals surface area contributed by atoms with Gasteiger partial charge >= 0.3 is 18.7 Å². The van der Waals surface area contributed by atoms with Crippen LogP contribution in [0.4, 0.5) is 22.0 Å². The number of halogens is 6. The first-order valence-corrected chi connectivity index (χ1v) is 17.7. The molecule has 2 saturated carbocycles. The zero-order chi connectivity index (χ0) is 38.8. The van der Waals surface area contributed by atoms with Crippen molar-refractivity contribution >= 4 is 29.4 Å². The number of hydrogen-bond donors (Lipinski definition) is 1. The SMILES string of the molecule is CC1(CC(=O)OC[C@H](c2ccc(Cl)c(-c3ncnn3C(F)F)c2)N2C(=O)[C@@](CC(C)(C)C(F)(F)F)(c3ccc(-c4cnn(C5CC5)n4)cc3)N=C2N)CC1. The molecule has 2 N–H and O–H groups in total. The lowest BCUT2D eigenvalue weighted by atomic mass is 9.74. The van der Waals surface area contributed by atoms with Crippen molar-refractivity contribution in [3.05, 3.63) is 71.1 Å². The Morgan fingerprint density at radius 2 is 1.80 bits per heavy atom. The number of aliphatic imine (C=N–C) groups is 1. The number of nitrogens with zero attached hydrogens (tertiary/aromatic N) is 8. The maximum absolute atomic E-state index is 15.0. The molecule has 2 aromatic heterocycles. The molecule has 0 spiro atoms. The molecule has 54 heavy (non-hydrogen) atoms. The van der Waals surface area contributed by atoms with Crippen molar-refractivity contribution in [1.29, 1.82) is 0 Å². The number of esters is 1. The molecule has 0 unspecified atom stereocenters. The number of ether oxygens (including phenoxy) is 1.